The molecule has 0 saturated carbocycles. The molecule has 1 aliphatic rings. The lowest BCUT2D eigenvalue weighted by atomic mass is 10.1. The Kier molecular flexibility index (Phi) is 5.01. The number of rotatable bonds is 4. The second-order valence-corrected chi connectivity index (χ2v) is 6.06. The third kappa shape index (κ3) is 3.69. The van der Waals surface area contributed by atoms with Crippen LogP contribution in [0.15, 0.2) is 16.7 Å². The van der Waals surface area contributed by atoms with Crippen molar-refractivity contribution in [3.63, 3.8) is 0 Å². The number of halogens is 1. The predicted octanol–water partition coefficient (Wildman–Crippen LogP) is 3.44. The minimum atomic E-state index is 0.579. The second kappa shape index (κ2) is 6.53. The van der Waals surface area contributed by atoms with E-state index < -0.39 is 0 Å². The molecule has 1 aromatic heterocycles. The zero-order valence-corrected chi connectivity index (χ0v) is 12.8. The molecule has 0 aliphatic carbocycles. The minimum absolute atomic E-state index is 0.579. The van der Waals surface area contributed by atoms with Gasteiger partial charge in [0.1, 0.15) is 5.82 Å². The molecule has 3 nitrogen and oxygen atoms in total. The first-order valence-electron chi connectivity index (χ1n) is 6.77. The summed E-state index contributed by atoms with van der Waals surface area (Å²) in [5, 5.41) is 3.46. The maximum Gasteiger partial charge on any atom is 0.128 e. The molecule has 0 radical (unpaired) electrons. The Hall–Kier alpha value is -0.610. The highest BCUT2D eigenvalue weighted by Gasteiger charge is 2.16. The molecule has 1 fully saturated rings. The quantitative estimate of drug-likeness (QED) is 0.923. The van der Waals surface area contributed by atoms with E-state index in [9.17, 15) is 0 Å². The van der Waals surface area contributed by atoms with Crippen molar-refractivity contribution in [2.24, 2.45) is 0 Å². The molecule has 1 aromatic rings. The molecule has 0 spiro atoms. The van der Waals surface area contributed by atoms with Crippen LogP contribution in [0.25, 0.3) is 0 Å². The van der Waals surface area contributed by atoms with Crippen molar-refractivity contribution in [1.29, 1.82) is 0 Å². The van der Waals surface area contributed by atoms with E-state index in [1.54, 1.807) is 0 Å². The van der Waals surface area contributed by atoms with E-state index in [1.807, 2.05) is 6.20 Å². The normalized spacial score (nSPS) is 18.6. The van der Waals surface area contributed by atoms with Crippen molar-refractivity contribution >= 4 is 21.7 Å². The monoisotopic (exact) mass is 311 g/mol. The lowest BCUT2D eigenvalue weighted by molar-refractivity contribution is 0.180. The molecule has 4 heteroatoms. The van der Waals surface area contributed by atoms with Gasteiger partial charge in [0.25, 0.3) is 0 Å². The Morgan fingerprint density at radius 1 is 1.39 bits per heavy atom. The van der Waals surface area contributed by atoms with E-state index in [1.165, 1.54) is 37.9 Å². The van der Waals surface area contributed by atoms with E-state index in [2.05, 4.69) is 51.0 Å². The van der Waals surface area contributed by atoms with Gasteiger partial charge in [0.2, 0.25) is 0 Å². The summed E-state index contributed by atoms with van der Waals surface area (Å²) in [6, 6.07) is 2.68. The van der Waals surface area contributed by atoms with Crippen molar-refractivity contribution in [2.45, 2.75) is 39.2 Å². The van der Waals surface area contributed by atoms with Gasteiger partial charge in [-0.05, 0) is 67.3 Å². The minimum Gasteiger partial charge on any atom is -0.368 e. The molecular weight excluding hydrogens is 290 g/mol. The van der Waals surface area contributed by atoms with Gasteiger partial charge < -0.3 is 5.32 Å². The number of nitrogens with zero attached hydrogens (tertiary/aromatic N) is 2. The summed E-state index contributed by atoms with van der Waals surface area (Å²) in [7, 11) is 0. The molecule has 1 unspecified atom stereocenters. The van der Waals surface area contributed by atoms with Gasteiger partial charge >= 0.3 is 0 Å². The van der Waals surface area contributed by atoms with Crippen LogP contribution in [0.5, 0.6) is 0 Å². The van der Waals surface area contributed by atoms with Crippen molar-refractivity contribution in [3.05, 3.63) is 22.3 Å². The summed E-state index contributed by atoms with van der Waals surface area (Å²) < 4.78 is 1.04. The fourth-order valence-corrected chi connectivity index (χ4v) is 2.90. The molecule has 1 saturated heterocycles. The lowest BCUT2D eigenvalue weighted by Gasteiger charge is -2.32. The number of aryl methyl sites for hydroxylation is 1. The van der Waals surface area contributed by atoms with Gasteiger partial charge in [0.15, 0.2) is 0 Å². The predicted molar refractivity (Wildman–Crippen MR) is 80.0 cm³/mol. The molecule has 1 aliphatic heterocycles. The molecule has 1 N–H and O–H groups in total. The molecule has 0 amide bonds. The summed E-state index contributed by atoms with van der Waals surface area (Å²) in [5.74, 6) is 1.00. The van der Waals surface area contributed by atoms with Crippen LogP contribution in [0.4, 0.5) is 5.82 Å². The third-order valence-corrected chi connectivity index (χ3v) is 4.06. The number of piperidine rings is 1. The van der Waals surface area contributed by atoms with E-state index >= 15 is 0 Å². The van der Waals surface area contributed by atoms with Crippen molar-refractivity contribution < 1.29 is 0 Å². The van der Waals surface area contributed by atoms with E-state index in [0.29, 0.717) is 6.04 Å². The van der Waals surface area contributed by atoms with Crippen LogP contribution in [0.2, 0.25) is 0 Å². The Morgan fingerprint density at radius 2 is 2.11 bits per heavy atom. The smallest absolute Gasteiger partial charge is 0.128 e. The Bertz CT molecular complexity index is 389. The Morgan fingerprint density at radius 3 is 2.78 bits per heavy atom. The first kappa shape index (κ1) is 13.8. The average molecular weight is 312 g/mol. The molecule has 18 heavy (non-hydrogen) atoms. The summed E-state index contributed by atoms with van der Waals surface area (Å²) in [6.45, 7) is 7.85. The molecule has 2 rings (SSSR count). The molecule has 100 valence electrons. The zero-order chi connectivity index (χ0) is 13.0. The SMILES string of the molecule is Cc1cc(Br)cnc1NCC(C)N1CCCCC1. The van der Waals surface area contributed by atoms with Gasteiger partial charge in [-0.2, -0.15) is 0 Å². The summed E-state index contributed by atoms with van der Waals surface area (Å²) in [4.78, 5) is 6.99. The Balaban J connectivity index is 1.86. The number of pyridine rings is 1. The van der Waals surface area contributed by atoms with Gasteiger partial charge in [-0.1, -0.05) is 6.42 Å². The fourth-order valence-electron chi connectivity index (χ4n) is 2.46. The zero-order valence-electron chi connectivity index (χ0n) is 11.2. The van der Waals surface area contributed by atoms with Crippen LogP contribution < -0.4 is 5.32 Å². The van der Waals surface area contributed by atoms with Crippen LogP contribution >= 0.6 is 15.9 Å². The van der Waals surface area contributed by atoms with Gasteiger partial charge in [0, 0.05) is 23.3 Å². The molecule has 0 aromatic carbocycles. The van der Waals surface area contributed by atoms with Crippen LogP contribution in [-0.2, 0) is 0 Å². The van der Waals surface area contributed by atoms with Crippen LogP contribution in [0, 0.1) is 6.92 Å². The van der Waals surface area contributed by atoms with Crippen molar-refractivity contribution in [2.75, 3.05) is 25.0 Å². The topological polar surface area (TPSA) is 28.2 Å². The highest BCUT2D eigenvalue weighted by Crippen LogP contribution is 2.17. The van der Waals surface area contributed by atoms with E-state index in [4.69, 9.17) is 0 Å². The van der Waals surface area contributed by atoms with Gasteiger partial charge in [0.05, 0.1) is 0 Å². The maximum atomic E-state index is 4.42. The Labute approximate surface area is 118 Å². The number of hydrogen-bond donors (Lipinski definition) is 1. The molecule has 2 heterocycles. The largest absolute Gasteiger partial charge is 0.368 e. The van der Waals surface area contributed by atoms with Crippen LogP contribution in [0.3, 0.4) is 0 Å². The second-order valence-electron chi connectivity index (χ2n) is 5.15. The first-order chi connectivity index (χ1) is 8.66. The number of likely N-dealkylation sites (tertiary alicyclic amines) is 1. The van der Waals surface area contributed by atoms with Gasteiger partial charge in [-0.3, -0.25) is 4.90 Å². The van der Waals surface area contributed by atoms with Crippen molar-refractivity contribution in [3.8, 4) is 0 Å². The van der Waals surface area contributed by atoms with E-state index in [0.717, 1.165) is 16.8 Å². The van der Waals surface area contributed by atoms with Crippen LogP contribution in [0.1, 0.15) is 31.7 Å². The highest BCUT2D eigenvalue weighted by molar-refractivity contribution is 9.10. The molecule has 0 bridgehead atoms. The van der Waals surface area contributed by atoms with Gasteiger partial charge in [-0.25, -0.2) is 4.98 Å². The summed E-state index contributed by atoms with van der Waals surface area (Å²) >= 11 is 3.44. The van der Waals surface area contributed by atoms with Crippen molar-refractivity contribution in [1.82, 2.24) is 9.88 Å². The van der Waals surface area contributed by atoms with Gasteiger partial charge in [-0.15, -0.1) is 0 Å². The fraction of sp³-hybridized carbons (Fsp3) is 0.643. The third-order valence-electron chi connectivity index (χ3n) is 3.62. The number of anilines is 1. The highest BCUT2D eigenvalue weighted by atomic mass is 79.9. The summed E-state index contributed by atoms with van der Waals surface area (Å²) in [6.07, 6.45) is 5.94. The lowest BCUT2D eigenvalue weighted by Crippen LogP contribution is -2.41. The standard InChI is InChI=1S/C14H22BrN3/c1-11-8-13(15)10-17-14(11)16-9-12(2)18-6-4-3-5-7-18/h8,10,12H,3-7,9H2,1-2H3,(H,16,17). The first-order valence-corrected chi connectivity index (χ1v) is 7.56. The molecule has 1 atom stereocenters. The number of hydrogen-bond acceptors (Lipinski definition) is 3. The number of aromatic nitrogens is 1. The van der Waals surface area contributed by atoms with E-state index in [-0.39, 0.29) is 0 Å². The number of nitrogens with one attached hydrogen (secondary N) is 1. The average Bonchev–Trinajstić information content (AvgIpc) is 2.38. The molecular formula is C14H22BrN3. The summed E-state index contributed by atoms with van der Waals surface area (Å²) in [5.41, 5.74) is 1.19. The maximum absolute atomic E-state index is 4.42. The van der Waals surface area contributed by atoms with Crippen LogP contribution in [-0.4, -0.2) is 35.6 Å².